The van der Waals surface area contributed by atoms with Crippen LogP contribution in [0.4, 0.5) is 16.2 Å². The molecule has 1 aromatic heterocycles. The summed E-state index contributed by atoms with van der Waals surface area (Å²) in [5, 5.41) is 18.3. The van der Waals surface area contributed by atoms with Gasteiger partial charge in [0, 0.05) is 84.4 Å². The van der Waals surface area contributed by atoms with Crippen molar-refractivity contribution in [1.29, 1.82) is 0 Å². The minimum Gasteiger partial charge on any atom is -0.497 e. The Morgan fingerprint density at radius 3 is 2.18 bits per heavy atom. The minimum absolute atomic E-state index is 0.000630. The number of amidine groups is 1. The van der Waals surface area contributed by atoms with Crippen LogP contribution in [0.3, 0.4) is 0 Å². The first kappa shape index (κ1) is 57.1. The van der Waals surface area contributed by atoms with Crippen molar-refractivity contribution < 1.29 is 29.0 Å². The van der Waals surface area contributed by atoms with Gasteiger partial charge in [0.1, 0.15) is 29.9 Å². The number of halogens is 2. The number of nitrogens with one attached hydrogen (secondary N) is 2. The molecule has 0 saturated carbocycles. The molecule has 7 aromatic rings. The van der Waals surface area contributed by atoms with E-state index in [0.717, 1.165) is 78.0 Å². The summed E-state index contributed by atoms with van der Waals surface area (Å²) in [5.74, 6) is 1.69. The molecular weight excluding hydrogens is 1080 g/mol. The highest BCUT2D eigenvalue weighted by Gasteiger charge is 2.46. The Bertz CT molecular complexity index is 3460. The maximum absolute atomic E-state index is 15.2. The first-order valence-corrected chi connectivity index (χ1v) is 29.6. The highest BCUT2D eigenvalue weighted by Crippen LogP contribution is 2.49. The van der Waals surface area contributed by atoms with E-state index in [9.17, 15) is 14.7 Å². The number of aliphatic hydroxyl groups is 1. The van der Waals surface area contributed by atoms with Crippen molar-refractivity contribution >= 4 is 58.3 Å². The summed E-state index contributed by atoms with van der Waals surface area (Å²) in [6.45, 7) is 6.98. The number of pyridine rings is 1. The molecule has 0 spiro atoms. The largest absolute Gasteiger partial charge is 0.497 e. The van der Waals surface area contributed by atoms with E-state index in [1.54, 1.807) is 16.9 Å². The summed E-state index contributed by atoms with van der Waals surface area (Å²) in [7, 11) is 1.60. The van der Waals surface area contributed by atoms with E-state index in [1.165, 1.54) is 16.7 Å². The van der Waals surface area contributed by atoms with Crippen molar-refractivity contribution in [3.05, 3.63) is 207 Å². The van der Waals surface area contributed by atoms with Crippen molar-refractivity contribution in [2.75, 3.05) is 57.1 Å². The Kier molecular flexibility index (Phi) is 17.7. The third-order valence-corrected chi connectivity index (χ3v) is 17.0. The molecular formula is C67H70Cl2N8O6. The fraction of sp³-hybridized carbons (Fsp3) is 0.328. The third-order valence-electron chi connectivity index (χ3n) is 16.5. The first-order chi connectivity index (χ1) is 40.4. The van der Waals surface area contributed by atoms with Gasteiger partial charge in [-0.2, -0.15) is 0 Å². The lowest BCUT2D eigenvalue weighted by molar-refractivity contribution is -0.135. The monoisotopic (exact) mass is 1150 g/mol. The van der Waals surface area contributed by atoms with Gasteiger partial charge in [0.25, 0.3) is 0 Å². The summed E-state index contributed by atoms with van der Waals surface area (Å²) in [4.78, 5) is 59.7. The number of hydrogen-bond donors (Lipinski definition) is 3. The summed E-state index contributed by atoms with van der Waals surface area (Å²) < 4.78 is 11.9. The molecule has 6 aromatic carbocycles. The van der Waals surface area contributed by atoms with Gasteiger partial charge in [-0.05, 0) is 170 Å². The van der Waals surface area contributed by atoms with E-state index in [2.05, 4.69) is 81.2 Å². The number of urea groups is 1. The van der Waals surface area contributed by atoms with Crippen LogP contribution in [-0.4, -0.2) is 112 Å². The zero-order valence-corrected chi connectivity index (χ0v) is 48.6. The van der Waals surface area contributed by atoms with Crippen molar-refractivity contribution in [2.45, 2.75) is 89.2 Å². The number of methoxy groups -OCH3 is 1. The number of anilines is 2. The molecule has 0 bridgehead atoms. The lowest BCUT2D eigenvalue weighted by Crippen LogP contribution is -2.56. The maximum Gasteiger partial charge on any atom is 0.326 e. The Labute approximate surface area is 496 Å². The number of ether oxygens (including phenoxy) is 2. The molecule has 14 nitrogen and oxygen atoms in total. The molecule has 4 aliphatic rings. The molecule has 5 atom stereocenters. The molecule has 4 aliphatic heterocycles. The van der Waals surface area contributed by atoms with Gasteiger partial charge in [-0.15, -0.1) is 0 Å². The zero-order chi connectivity index (χ0) is 57.6. The number of aryl methyl sites for hydroxylation is 2. The molecule has 83 heavy (non-hydrogen) atoms. The Balaban J connectivity index is 0.679. The fourth-order valence-corrected chi connectivity index (χ4v) is 12.6. The smallest absolute Gasteiger partial charge is 0.326 e. The number of likely N-dealkylation sites (tertiary alicyclic amines) is 1. The van der Waals surface area contributed by atoms with E-state index in [0.29, 0.717) is 71.3 Å². The van der Waals surface area contributed by atoms with Crippen molar-refractivity contribution in [1.82, 2.24) is 24.6 Å². The van der Waals surface area contributed by atoms with Crippen molar-refractivity contribution in [2.24, 2.45) is 10.9 Å². The third kappa shape index (κ3) is 13.1. The number of fused-ring (bicyclic) bond motifs is 3. The maximum atomic E-state index is 15.2. The first-order valence-electron chi connectivity index (χ1n) is 28.8. The number of piperazine rings is 1. The average molecular weight is 1150 g/mol. The van der Waals surface area contributed by atoms with Gasteiger partial charge in [-0.1, -0.05) is 89.9 Å². The number of amides is 4. The molecule has 3 N–H and O–H groups in total. The second-order valence-corrected chi connectivity index (χ2v) is 23.2. The molecule has 2 saturated heterocycles. The summed E-state index contributed by atoms with van der Waals surface area (Å²) in [6.07, 6.45) is 7.93. The van der Waals surface area contributed by atoms with Crippen LogP contribution in [0.2, 0.25) is 10.0 Å². The number of hydrogen-bond acceptors (Lipinski definition) is 10. The molecule has 5 heterocycles. The van der Waals surface area contributed by atoms with E-state index in [-0.39, 0.29) is 49.2 Å². The quantitative estimate of drug-likeness (QED) is 0.0718. The second kappa shape index (κ2) is 25.8. The Hall–Kier alpha value is -7.75. The molecule has 11 rings (SSSR count). The van der Waals surface area contributed by atoms with Crippen LogP contribution in [0.15, 0.2) is 163 Å². The lowest BCUT2D eigenvalue weighted by Gasteiger charge is -2.39. The van der Waals surface area contributed by atoms with E-state index >= 15 is 4.79 Å². The van der Waals surface area contributed by atoms with Gasteiger partial charge >= 0.3 is 6.03 Å². The van der Waals surface area contributed by atoms with Crippen molar-refractivity contribution in [3.63, 3.8) is 0 Å². The summed E-state index contributed by atoms with van der Waals surface area (Å²) in [6, 6.07) is 46.4. The number of rotatable bonds is 19. The van der Waals surface area contributed by atoms with Gasteiger partial charge in [0.05, 0.1) is 37.5 Å². The number of nitrogens with zero attached hydrogens (tertiary/aromatic N) is 6. The molecule has 0 aliphatic carbocycles. The van der Waals surface area contributed by atoms with Crippen LogP contribution < -0.4 is 20.1 Å². The molecule has 2 fully saturated rings. The van der Waals surface area contributed by atoms with Crippen LogP contribution in [0.5, 0.6) is 11.5 Å². The average Bonchev–Trinajstić information content (AvgIpc) is 3.75. The Morgan fingerprint density at radius 1 is 0.771 bits per heavy atom. The lowest BCUT2D eigenvalue weighted by atomic mass is 9.82. The number of carbonyl (C=O) groups is 3. The standard InChI is InChI=1S/C67H70Cl2N8O6/c1-43(2)83-60-39-54(82-3)25-26-56(60)66-73-63(47-16-21-51(68)22-17-47)64(48-18-23-52(69)24-19-48)77(66)67(81)76-36-35-74(62(80)41-76)33-6-8-45-14-12-44(13-15-45)7-4-11-61(79)71-53-10-5-9-49(37-53)50-20-27-58-57(38-50)65-55(59(42-78)72-58)30-34-75(65)40-46-28-31-70-32-29-46/h5,9-10,12-29,31-32,37-39,43,55,59,63-65,72,78H,4,6-8,11,30,33-36,40-42H2,1-3H3,(H,71,79)/t55-,59-,63-,64+,65-/m1/s1. The van der Waals surface area contributed by atoms with Gasteiger partial charge < -0.3 is 35.0 Å². The molecule has 0 unspecified atom stereocenters. The van der Waals surface area contributed by atoms with Crippen LogP contribution in [0.1, 0.15) is 96.6 Å². The number of carbonyl (C=O) groups excluding carboxylic acids is 3. The highest BCUT2D eigenvalue weighted by molar-refractivity contribution is 6.30. The highest BCUT2D eigenvalue weighted by atomic mass is 35.5. The second-order valence-electron chi connectivity index (χ2n) is 22.3. The molecule has 428 valence electrons. The molecule has 16 heteroatoms. The summed E-state index contributed by atoms with van der Waals surface area (Å²) in [5.41, 5.74) is 11.0. The summed E-state index contributed by atoms with van der Waals surface area (Å²) >= 11 is 12.8. The van der Waals surface area contributed by atoms with E-state index in [1.807, 2.05) is 116 Å². The fourth-order valence-electron chi connectivity index (χ4n) is 12.3. The molecule has 4 amide bonds. The normalized spacial score (nSPS) is 19.5. The number of aromatic nitrogens is 1. The van der Waals surface area contributed by atoms with Gasteiger partial charge in [0.15, 0.2) is 0 Å². The van der Waals surface area contributed by atoms with E-state index < -0.39 is 12.1 Å². The van der Waals surface area contributed by atoms with Gasteiger partial charge in [-0.25, -0.2) is 4.79 Å². The Morgan fingerprint density at radius 2 is 1.48 bits per heavy atom. The van der Waals surface area contributed by atoms with E-state index in [4.69, 9.17) is 37.7 Å². The number of aliphatic hydroxyl groups excluding tert-OH is 1. The predicted molar refractivity (Wildman–Crippen MR) is 327 cm³/mol. The van der Waals surface area contributed by atoms with Crippen LogP contribution in [0.25, 0.3) is 11.1 Å². The molecule has 0 radical (unpaired) electrons. The predicted octanol–water partition coefficient (Wildman–Crippen LogP) is 12.6. The zero-order valence-electron chi connectivity index (χ0n) is 47.1. The van der Waals surface area contributed by atoms with Crippen LogP contribution in [-0.2, 0) is 29.0 Å². The SMILES string of the molecule is COc1ccc(C2=N[C@H](c3ccc(Cl)cc3)[C@H](c3ccc(Cl)cc3)N2C(=O)N2CCN(CCCc3ccc(CCCC(=O)Nc4cccc(-c5ccc6c(c5)[C@H]5[C@H](CCN5Cc5ccncc5)[C@@H](CO)N6)c4)cc3)C(=O)C2)c(OC(C)C)c1. The minimum atomic E-state index is -0.593. The topological polar surface area (TPSA) is 152 Å². The van der Waals surface area contributed by atoms with Crippen LogP contribution in [0, 0.1) is 5.92 Å². The van der Waals surface area contributed by atoms with Gasteiger partial charge in [0.2, 0.25) is 11.8 Å². The van der Waals surface area contributed by atoms with Crippen molar-refractivity contribution in [3.8, 4) is 22.6 Å². The number of aliphatic imine (C=N–C) groups is 1. The number of benzene rings is 6. The van der Waals surface area contributed by atoms with Crippen LogP contribution >= 0.6 is 23.2 Å². The van der Waals surface area contributed by atoms with Gasteiger partial charge in [-0.3, -0.25) is 29.4 Å².